The zero-order chi connectivity index (χ0) is 21.1. The topological polar surface area (TPSA) is 84.5 Å². The summed E-state index contributed by atoms with van der Waals surface area (Å²) in [6, 6.07) is 18.7. The smallest absolute Gasteiger partial charge is 0.261 e. The predicted molar refractivity (Wildman–Crippen MR) is 111 cm³/mol. The van der Waals surface area contributed by atoms with E-state index in [0.29, 0.717) is 12.1 Å². The molecule has 1 amide bonds. The maximum Gasteiger partial charge on any atom is 0.261 e. The molecule has 1 atom stereocenters. The van der Waals surface area contributed by atoms with Crippen molar-refractivity contribution in [3.05, 3.63) is 89.7 Å². The molecule has 3 aromatic rings. The Morgan fingerprint density at radius 2 is 1.70 bits per heavy atom. The van der Waals surface area contributed by atoms with Crippen molar-refractivity contribution >= 4 is 21.6 Å². The second-order valence-corrected chi connectivity index (χ2v) is 8.55. The number of anilines is 1. The van der Waals surface area contributed by atoms with Crippen LogP contribution in [0.3, 0.4) is 0 Å². The largest absolute Gasteiger partial charge is 0.488 e. The first-order valence-electron chi connectivity index (χ1n) is 9.32. The van der Waals surface area contributed by atoms with Crippen molar-refractivity contribution in [3.8, 4) is 5.75 Å². The summed E-state index contributed by atoms with van der Waals surface area (Å²) in [4.78, 5) is 12.3. The lowest BCUT2D eigenvalue weighted by molar-refractivity contribution is 0.0933. The molecule has 1 unspecified atom stereocenters. The van der Waals surface area contributed by atoms with Gasteiger partial charge in [-0.15, -0.1) is 0 Å². The highest BCUT2D eigenvalue weighted by atomic mass is 32.2. The number of amides is 1. The zero-order valence-corrected chi connectivity index (χ0v) is 16.7. The summed E-state index contributed by atoms with van der Waals surface area (Å²) in [5.74, 6) is -0.178. The molecule has 1 aliphatic heterocycles. The molecular weight excluding hydrogens is 407 g/mol. The fraction of sp³-hybridized carbons (Fsp3) is 0.136. The Morgan fingerprint density at radius 1 is 1.00 bits per heavy atom. The van der Waals surface area contributed by atoms with Crippen molar-refractivity contribution in [2.45, 2.75) is 17.4 Å². The highest BCUT2D eigenvalue weighted by molar-refractivity contribution is 7.92. The molecule has 0 saturated carbocycles. The van der Waals surface area contributed by atoms with Gasteiger partial charge in [0.25, 0.3) is 15.9 Å². The number of nitrogens with one attached hydrogen (secondary N) is 2. The van der Waals surface area contributed by atoms with Gasteiger partial charge in [-0.1, -0.05) is 30.3 Å². The minimum absolute atomic E-state index is 0.0723. The van der Waals surface area contributed by atoms with Crippen LogP contribution in [-0.4, -0.2) is 27.0 Å². The Kier molecular flexibility index (Phi) is 5.41. The number of benzene rings is 3. The van der Waals surface area contributed by atoms with Gasteiger partial charge in [0, 0.05) is 12.0 Å². The molecule has 2 N–H and O–H groups in total. The van der Waals surface area contributed by atoms with Crippen molar-refractivity contribution in [2.24, 2.45) is 0 Å². The van der Waals surface area contributed by atoms with Gasteiger partial charge in [0.1, 0.15) is 17.7 Å². The lowest BCUT2D eigenvalue weighted by Gasteiger charge is -2.12. The Hall–Kier alpha value is -3.39. The summed E-state index contributed by atoms with van der Waals surface area (Å²) in [7, 11) is -3.98. The first kappa shape index (κ1) is 19.9. The number of para-hydroxylation sites is 2. The third-order valence-corrected chi connectivity index (χ3v) is 6.13. The van der Waals surface area contributed by atoms with E-state index in [2.05, 4.69) is 10.0 Å². The molecule has 0 aromatic heterocycles. The number of sulfonamides is 1. The highest BCUT2D eigenvalue weighted by Crippen LogP contribution is 2.27. The lowest BCUT2D eigenvalue weighted by Crippen LogP contribution is -2.34. The molecular formula is C22H19FN2O4S. The summed E-state index contributed by atoms with van der Waals surface area (Å²) < 4.78 is 46.6. The van der Waals surface area contributed by atoms with Crippen molar-refractivity contribution < 1.29 is 22.3 Å². The number of rotatable bonds is 6. The summed E-state index contributed by atoms with van der Waals surface area (Å²) in [6.45, 7) is 0.336. The standard InChI is InChI=1S/C22H19FN2O4S/c23-19-6-2-3-7-20(19)25-30(27,28)18-11-9-15(10-12-18)22(26)24-14-17-13-16-5-1-4-8-21(16)29-17/h1-12,17,25H,13-14H2,(H,24,26). The van der Waals surface area contributed by atoms with Crippen LogP contribution in [0.5, 0.6) is 5.75 Å². The van der Waals surface area contributed by atoms with Crippen LogP contribution >= 0.6 is 0 Å². The van der Waals surface area contributed by atoms with E-state index in [0.717, 1.165) is 23.8 Å². The maximum absolute atomic E-state index is 13.7. The van der Waals surface area contributed by atoms with Gasteiger partial charge >= 0.3 is 0 Å². The number of hydrogen-bond acceptors (Lipinski definition) is 4. The van der Waals surface area contributed by atoms with Crippen LogP contribution < -0.4 is 14.8 Å². The first-order chi connectivity index (χ1) is 14.4. The van der Waals surface area contributed by atoms with Gasteiger partial charge in [0.2, 0.25) is 0 Å². The number of ether oxygens (including phenoxy) is 1. The Bertz CT molecular complexity index is 1150. The van der Waals surface area contributed by atoms with Crippen LogP contribution in [0, 0.1) is 5.82 Å². The highest BCUT2D eigenvalue weighted by Gasteiger charge is 2.23. The number of carbonyl (C=O) groups excluding carboxylic acids is 1. The van der Waals surface area contributed by atoms with Crippen LogP contribution in [0.15, 0.2) is 77.7 Å². The van der Waals surface area contributed by atoms with Gasteiger partial charge in [0.05, 0.1) is 17.1 Å². The molecule has 0 fully saturated rings. The number of hydrogen-bond donors (Lipinski definition) is 2. The molecule has 0 aliphatic carbocycles. The second-order valence-electron chi connectivity index (χ2n) is 6.87. The minimum atomic E-state index is -3.98. The summed E-state index contributed by atoms with van der Waals surface area (Å²) in [5.41, 5.74) is 1.28. The maximum atomic E-state index is 13.7. The molecule has 1 aliphatic rings. The van der Waals surface area contributed by atoms with Gasteiger partial charge in [-0.3, -0.25) is 9.52 Å². The lowest BCUT2D eigenvalue weighted by atomic mass is 10.1. The second kappa shape index (κ2) is 8.16. The molecule has 1 heterocycles. The average molecular weight is 426 g/mol. The number of halogens is 1. The van der Waals surface area contributed by atoms with Gasteiger partial charge in [0.15, 0.2) is 0 Å². The van der Waals surface area contributed by atoms with E-state index in [1.54, 1.807) is 0 Å². The zero-order valence-electron chi connectivity index (χ0n) is 15.8. The fourth-order valence-corrected chi connectivity index (χ4v) is 4.28. The SMILES string of the molecule is O=C(NCC1Cc2ccccc2O1)c1ccc(S(=O)(=O)Nc2ccccc2F)cc1. The van der Waals surface area contributed by atoms with Gasteiger partial charge in [-0.2, -0.15) is 0 Å². The molecule has 0 saturated heterocycles. The molecule has 154 valence electrons. The molecule has 4 rings (SSSR count). The van der Waals surface area contributed by atoms with Crippen LogP contribution in [-0.2, 0) is 16.4 Å². The van der Waals surface area contributed by atoms with Crippen molar-refractivity contribution in [2.75, 3.05) is 11.3 Å². The number of carbonyl (C=O) groups is 1. The third kappa shape index (κ3) is 4.28. The van der Waals surface area contributed by atoms with E-state index in [9.17, 15) is 17.6 Å². The fourth-order valence-electron chi connectivity index (χ4n) is 3.21. The molecule has 0 bridgehead atoms. The van der Waals surface area contributed by atoms with Crippen LogP contribution in [0.1, 0.15) is 15.9 Å². The summed E-state index contributed by atoms with van der Waals surface area (Å²) >= 11 is 0. The summed E-state index contributed by atoms with van der Waals surface area (Å²) in [6.07, 6.45) is 0.575. The Balaban J connectivity index is 1.37. The van der Waals surface area contributed by atoms with E-state index in [1.165, 1.54) is 42.5 Å². The average Bonchev–Trinajstić information content (AvgIpc) is 3.17. The molecule has 30 heavy (non-hydrogen) atoms. The van der Waals surface area contributed by atoms with Crippen LogP contribution in [0.25, 0.3) is 0 Å². The van der Waals surface area contributed by atoms with Crippen molar-refractivity contribution in [1.29, 1.82) is 0 Å². The quantitative estimate of drug-likeness (QED) is 0.633. The molecule has 3 aromatic carbocycles. The Morgan fingerprint density at radius 3 is 2.43 bits per heavy atom. The van der Waals surface area contributed by atoms with E-state index < -0.39 is 15.8 Å². The molecule has 0 spiro atoms. The predicted octanol–water partition coefficient (Wildman–Crippen LogP) is 3.36. The van der Waals surface area contributed by atoms with Gasteiger partial charge in [-0.05, 0) is 48.0 Å². The normalized spacial score (nSPS) is 15.2. The van der Waals surface area contributed by atoms with Gasteiger partial charge in [-0.25, -0.2) is 12.8 Å². The van der Waals surface area contributed by atoms with Crippen LogP contribution in [0.2, 0.25) is 0 Å². The molecule has 6 nitrogen and oxygen atoms in total. The summed E-state index contributed by atoms with van der Waals surface area (Å²) in [5, 5.41) is 2.80. The molecule has 8 heteroatoms. The monoisotopic (exact) mass is 426 g/mol. The van der Waals surface area contributed by atoms with Gasteiger partial charge < -0.3 is 10.1 Å². The Labute approximate surface area is 173 Å². The first-order valence-corrected chi connectivity index (χ1v) is 10.8. The molecule has 0 radical (unpaired) electrons. The van der Waals surface area contributed by atoms with E-state index in [4.69, 9.17) is 4.74 Å². The van der Waals surface area contributed by atoms with Crippen molar-refractivity contribution in [3.63, 3.8) is 0 Å². The van der Waals surface area contributed by atoms with E-state index in [-0.39, 0.29) is 22.6 Å². The van der Waals surface area contributed by atoms with Crippen LogP contribution in [0.4, 0.5) is 10.1 Å². The van der Waals surface area contributed by atoms with Crippen molar-refractivity contribution in [1.82, 2.24) is 5.32 Å². The number of fused-ring (bicyclic) bond motifs is 1. The van der Waals surface area contributed by atoms with E-state index >= 15 is 0 Å². The van der Waals surface area contributed by atoms with E-state index in [1.807, 2.05) is 24.3 Å². The minimum Gasteiger partial charge on any atom is -0.488 e. The third-order valence-electron chi connectivity index (χ3n) is 4.75.